The van der Waals surface area contributed by atoms with E-state index in [-0.39, 0.29) is 23.4 Å². The van der Waals surface area contributed by atoms with Crippen molar-refractivity contribution in [3.63, 3.8) is 0 Å². The van der Waals surface area contributed by atoms with E-state index in [0.717, 1.165) is 11.1 Å². The Balaban J connectivity index is 2.16. The molecule has 1 aromatic carbocycles. The van der Waals surface area contributed by atoms with Crippen LogP contribution in [0.4, 0.5) is 0 Å². The topological polar surface area (TPSA) is 62.2 Å². The molecule has 1 atom stereocenters. The molecule has 0 saturated carbocycles. The number of amides is 1. The minimum atomic E-state index is -0.381. The van der Waals surface area contributed by atoms with Gasteiger partial charge in [0, 0.05) is 6.20 Å². The summed E-state index contributed by atoms with van der Waals surface area (Å²) in [5.41, 5.74) is 2.20. The Bertz CT molecular complexity index is 596. The zero-order chi connectivity index (χ0) is 13.8. The molecule has 4 heteroatoms. The summed E-state index contributed by atoms with van der Waals surface area (Å²) in [6, 6.07) is 10.7. The first-order valence-corrected chi connectivity index (χ1v) is 6.10. The molecular weight excluding hydrogens is 240 g/mol. The molecule has 2 aromatic rings. The first-order valence-electron chi connectivity index (χ1n) is 6.10. The van der Waals surface area contributed by atoms with Gasteiger partial charge in [-0.3, -0.25) is 4.79 Å². The van der Waals surface area contributed by atoms with E-state index in [1.54, 1.807) is 6.07 Å². The molecule has 98 valence electrons. The van der Waals surface area contributed by atoms with Gasteiger partial charge in [0.2, 0.25) is 0 Å². The predicted molar refractivity (Wildman–Crippen MR) is 73.0 cm³/mol. The fourth-order valence-corrected chi connectivity index (χ4v) is 1.99. The largest absolute Gasteiger partial charge is 0.505 e. The minimum absolute atomic E-state index is 0.0444. The highest BCUT2D eigenvalue weighted by Crippen LogP contribution is 2.18. The van der Waals surface area contributed by atoms with Gasteiger partial charge >= 0.3 is 0 Å². The summed E-state index contributed by atoms with van der Waals surface area (Å²) in [6.45, 7) is 3.90. The maximum absolute atomic E-state index is 12.0. The molecule has 0 fully saturated rings. The zero-order valence-electron chi connectivity index (χ0n) is 10.9. The average molecular weight is 256 g/mol. The smallest absolute Gasteiger partial charge is 0.274 e. The second-order valence-electron chi connectivity index (χ2n) is 4.42. The van der Waals surface area contributed by atoms with Crippen LogP contribution in [0.2, 0.25) is 0 Å². The molecule has 0 aliphatic carbocycles. The number of rotatable bonds is 3. The van der Waals surface area contributed by atoms with Crippen molar-refractivity contribution in [2.24, 2.45) is 0 Å². The van der Waals surface area contributed by atoms with Crippen molar-refractivity contribution in [3.05, 3.63) is 59.4 Å². The van der Waals surface area contributed by atoms with Gasteiger partial charge in [-0.25, -0.2) is 4.98 Å². The number of hydrogen-bond acceptors (Lipinski definition) is 3. The molecular formula is C15H16N2O2. The maximum Gasteiger partial charge on any atom is 0.274 e. The Kier molecular flexibility index (Phi) is 3.80. The van der Waals surface area contributed by atoms with Crippen LogP contribution in [0.1, 0.15) is 34.6 Å². The Hall–Kier alpha value is -2.36. The Labute approximate surface area is 112 Å². The van der Waals surface area contributed by atoms with Gasteiger partial charge in [-0.2, -0.15) is 0 Å². The number of nitrogens with one attached hydrogen (secondary N) is 1. The van der Waals surface area contributed by atoms with E-state index in [2.05, 4.69) is 10.3 Å². The highest BCUT2D eigenvalue weighted by atomic mass is 16.3. The van der Waals surface area contributed by atoms with Crippen LogP contribution in [0, 0.1) is 6.92 Å². The number of hydrogen-bond donors (Lipinski definition) is 2. The van der Waals surface area contributed by atoms with E-state index in [0.29, 0.717) is 0 Å². The van der Waals surface area contributed by atoms with Crippen LogP contribution >= 0.6 is 0 Å². The number of benzene rings is 1. The number of aromatic nitrogens is 1. The van der Waals surface area contributed by atoms with Gasteiger partial charge in [-0.05, 0) is 37.1 Å². The second-order valence-corrected chi connectivity index (χ2v) is 4.42. The van der Waals surface area contributed by atoms with Gasteiger partial charge in [-0.15, -0.1) is 0 Å². The number of nitrogens with zero attached hydrogens (tertiary/aromatic N) is 1. The number of carbonyl (C=O) groups excluding carboxylic acids is 1. The van der Waals surface area contributed by atoms with Crippen LogP contribution in [0.5, 0.6) is 5.75 Å². The van der Waals surface area contributed by atoms with Crippen molar-refractivity contribution in [1.82, 2.24) is 10.3 Å². The standard InChI is InChI=1S/C15H16N2O2/c1-10-6-3-4-7-12(10)11(2)17-15(19)14-13(18)8-5-9-16-14/h3-9,11,18H,1-2H3,(H,17,19). The number of carbonyl (C=O) groups is 1. The summed E-state index contributed by atoms with van der Waals surface area (Å²) in [6.07, 6.45) is 1.48. The van der Waals surface area contributed by atoms with Gasteiger partial charge in [0.05, 0.1) is 6.04 Å². The van der Waals surface area contributed by atoms with Crippen LogP contribution in [0.15, 0.2) is 42.6 Å². The van der Waals surface area contributed by atoms with Crippen molar-refractivity contribution in [3.8, 4) is 5.75 Å². The monoisotopic (exact) mass is 256 g/mol. The van der Waals surface area contributed by atoms with E-state index < -0.39 is 0 Å². The molecule has 1 amide bonds. The Morgan fingerprint density at radius 1 is 1.26 bits per heavy atom. The number of aryl methyl sites for hydroxylation is 1. The molecule has 0 radical (unpaired) electrons. The highest BCUT2D eigenvalue weighted by Gasteiger charge is 2.16. The molecule has 1 aromatic heterocycles. The van der Waals surface area contributed by atoms with Crippen molar-refractivity contribution in [2.75, 3.05) is 0 Å². The maximum atomic E-state index is 12.0. The van der Waals surface area contributed by atoms with Crippen LogP contribution in [-0.4, -0.2) is 16.0 Å². The lowest BCUT2D eigenvalue weighted by Crippen LogP contribution is -2.27. The first-order chi connectivity index (χ1) is 9.09. The summed E-state index contributed by atoms with van der Waals surface area (Å²) in [4.78, 5) is 15.9. The summed E-state index contributed by atoms with van der Waals surface area (Å²) in [5.74, 6) is -0.495. The molecule has 1 unspecified atom stereocenters. The lowest BCUT2D eigenvalue weighted by atomic mass is 10.0. The number of pyridine rings is 1. The third kappa shape index (κ3) is 2.91. The molecule has 0 aliphatic heterocycles. The first kappa shape index (κ1) is 13.1. The lowest BCUT2D eigenvalue weighted by molar-refractivity contribution is 0.0932. The van der Waals surface area contributed by atoms with Gasteiger partial charge < -0.3 is 10.4 Å². The molecule has 4 nitrogen and oxygen atoms in total. The molecule has 0 bridgehead atoms. The molecule has 19 heavy (non-hydrogen) atoms. The summed E-state index contributed by atoms with van der Waals surface area (Å²) in [7, 11) is 0. The summed E-state index contributed by atoms with van der Waals surface area (Å²) >= 11 is 0. The predicted octanol–water partition coefficient (Wildman–Crippen LogP) is 2.59. The van der Waals surface area contributed by atoms with E-state index in [1.165, 1.54) is 12.3 Å². The third-order valence-corrected chi connectivity index (χ3v) is 3.00. The molecule has 2 N–H and O–H groups in total. The van der Waals surface area contributed by atoms with Crippen LogP contribution in [0.25, 0.3) is 0 Å². The summed E-state index contributed by atoms with van der Waals surface area (Å²) in [5, 5.41) is 12.4. The SMILES string of the molecule is Cc1ccccc1C(C)NC(=O)c1ncccc1O. The normalized spacial score (nSPS) is 11.9. The molecule has 0 saturated heterocycles. The van der Waals surface area contributed by atoms with Crippen LogP contribution in [0.3, 0.4) is 0 Å². The second kappa shape index (κ2) is 5.52. The fraction of sp³-hybridized carbons (Fsp3) is 0.200. The fourth-order valence-electron chi connectivity index (χ4n) is 1.99. The van der Waals surface area contributed by atoms with Crippen molar-refractivity contribution < 1.29 is 9.90 Å². The van der Waals surface area contributed by atoms with Crippen molar-refractivity contribution >= 4 is 5.91 Å². The molecule has 0 aliphatic rings. The molecule has 2 rings (SSSR count). The number of aromatic hydroxyl groups is 1. The third-order valence-electron chi connectivity index (χ3n) is 3.00. The van der Waals surface area contributed by atoms with Gasteiger partial charge in [0.1, 0.15) is 5.75 Å². The van der Waals surface area contributed by atoms with Crippen LogP contribution < -0.4 is 5.32 Å². The van der Waals surface area contributed by atoms with Gasteiger partial charge in [-0.1, -0.05) is 24.3 Å². The van der Waals surface area contributed by atoms with Crippen LogP contribution in [-0.2, 0) is 0 Å². The van der Waals surface area contributed by atoms with E-state index >= 15 is 0 Å². The summed E-state index contributed by atoms with van der Waals surface area (Å²) < 4.78 is 0. The van der Waals surface area contributed by atoms with E-state index in [9.17, 15) is 9.90 Å². The quantitative estimate of drug-likeness (QED) is 0.887. The zero-order valence-corrected chi connectivity index (χ0v) is 10.9. The highest BCUT2D eigenvalue weighted by molar-refractivity contribution is 5.94. The molecule has 1 heterocycles. The van der Waals surface area contributed by atoms with Gasteiger partial charge in [0.25, 0.3) is 5.91 Å². The van der Waals surface area contributed by atoms with E-state index in [1.807, 2.05) is 38.1 Å². The van der Waals surface area contributed by atoms with E-state index in [4.69, 9.17) is 0 Å². The lowest BCUT2D eigenvalue weighted by Gasteiger charge is -2.16. The molecule has 0 spiro atoms. The van der Waals surface area contributed by atoms with Crippen molar-refractivity contribution in [2.45, 2.75) is 19.9 Å². The van der Waals surface area contributed by atoms with Gasteiger partial charge in [0.15, 0.2) is 5.69 Å². The van der Waals surface area contributed by atoms with Crippen molar-refractivity contribution in [1.29, 1.82) is 0 Å². The Morgan fingerprint density at radius 3 is 2.68 bits per heavy atom. The Morgan fingerprint density at radius 2 is 2.00 bits per heavy atom. The minimum Gasteiger partial charge on any atom is -0.505 e. The average Bonchev–Trinajstić information content (AvgIpc) is 2.39.